The van der Waals surface area contributed by atoms with E-state index < -0.39 is 0 Å². The summed E-state index contributed by atoms with van der Waals surface area (Å²) in [4.78, 5) is 0. The predicted molar refractivity (Wildman–Crippen MR) is 64.0 cm³/mol. The van der Waals surface area contributed by atoms with Crippen LogP contribution in [-0.4, -0.2) is 21.3 Å². The van der Waals surface area contributed by atoms with Crippen molar-refractivity contribution in [2.75, 3.05) is 6.54 Å². The number of nitrogens with two attached hydrogens (primary N) is 1. The summed E-state index contributed by atoms with van der Waals surface area (Å²) in [6.07, 6.45) is 10.9. The van der Waals surface area contributed by atoms with Gasteiger partial charge in [0.05, 0.1) is 0 Å². The van der Waals surface area contributed by atoms with Crippen LogP contribution in [0.1, 0.15) is 44.3 Å². The van der Waals surface area contributed by atoms with Crippen molar-refractivity contribution in [1.82, 2.24) is 14.8 Å². The highest BCUT2D eigenvalue weighted by Gasteiger charge is 2.15. The summed E-state index contributed by atoms with van der Waals surface area (Å²) < 4.78 is 2.15. The molecule has 1 aromatic heterocycles. The standard InChI is InChI=1S/C12H22N4/c13-8-3-9-16-10-14-15-12(16)7-6-11-4-1-2-5-11/h10-11H,1-9,13H2. The minimum atomic E-state index is 0.736. The fraction of sp³-hybridized carbons (Fsp3) is 0.833. The molecule has 0 radical (unpaired) electrons. The lowest BCUT2D eigenvalue weighted by molar-refractivity contribution is 0.486. The zero-order valence-electron chi connectivity index (χ0n) is 9.94. The highest BCUT2D eigenvalue weighted by Crippen LogP contribution is 2.28. The van der Waals surface area contributed by atoms with E-state index in [1.807, 2.05) is 6.33 Å². The number of nitrogens with zero attached hydrogens (tertiary/aromatic N) is 3. The molecule has 1 saturated carbocycles. The molecular formula is C12H22N4. The molecule has 16 heavy (non-hydrogen) atoms. The second-order valence-electron chi connectivity index (χ2n) is 4.77. The molecule has 0 saturated heterocycles. The Kier molecular flexibility index (Phi) is 4.34. The van der Waals surface area contributed by atoms with E-state index in [0.29, 0.717) is 0 Å². The van der Waals surface area contributed by atoms with E-state index in [4.69, 9.17) is 5.73 Å². The van der Waals surface area contributed by atoms with Crippen molar-refractivity contribution in [1.29, 1.82) is 0 Å². The second-order valence-corrected chi connectivity index (χ2v) is 4.77. The maximum atomic E-state index is 5.51. The van der Waals surface area contributed by atoms with Crippen molar-refractivity contribution in [2.24, 2.45) is 11.7 Å². The van der Waals surface area contributed by atoms with Crippen LogP contribution in [0.25, 0.3) is 0 Å². The lowest BCUT2D eigenvalue weighted by Gasteiger charge is -2.09. The van der Waals surface area contributed by atoms with E-state index in [0.717, 1.165) is 37.7 Å². The summed E-state index contributed by atoms with van der Waals surface area (Å²) in [6, 6.07) is 0. The van der Waals surface area contributed by atoms with Gasteiger partial charge < -0.3 is 10.3 Å². The molecule has 2 N–H and O–H groups in total. The highest BCUT2D eigenvalue weighted by atomic mass is 15.3. The van der Waals surface area contributed by atoms with E-state index in [9.17, 15) is 0 Å². The molecule has 0 amide bonds. The fourth-order valence-corrected chi connectivity index (χ4v) is 2.55. The van der Waals surface area contributed by atoms with Gasteiger partial charge in [-0.25, -0.2) is 0 Å². The molecule has 0 atom stereocenters. The van der Waals surface area contributed by atoms with Gasteiger partial charge in [-0.1, -0.05) is 25.7 Å². The molecule has 0 aliphatic heterocycles. The Hall–Kier alpha value is -0.900. The van der Waals surface area contributed by atoms with Crippen LogP contribution < -0.4 is 5.73 Å². The SMILES string of the molecule is NCCCn1cnnc1CCC1CCCC1. The first-order valence-electron chi connectivity index (χ1n) is 6.47. The summed E-state index contributed by atoms with van der Waals surface area (Å²) in [7, 11) is 0. The molecule has 0 aromatic carbocycles. The zero-order chi connectivity index (χ0) is 11.2. The van der Waals surface area contributed by atoms with Gasteiger partial charge in [-0.2, -0.15) is 0 Å². The first-order chi connectivity index (χ1) is 7.90. The van der Waals surface area contributed by atoms with Crippen molar-refractivity contribution >= 4 is 0 Å². The average molecular weight is 222 g/mol. The molecular weight excluding hydrogens is 200 g/mol. The normalized spacial score (nSPS) is 17.1. The minimum Gasteiger partial charge on any atom is -0.330 e. The lowest BCUT2D eigenvalue weighted by Crippen LogP contribution is -2.09. The van der Waals surface area contributed by atoms with Crippen LogP contribution in [0.5, 0.6) is 0 Å². The van der Waals surface area contributed by atoms with Gasteiger partial charge in [-0.05, 0) is 25.3 Å². The molecule has 1 heterocycles. The molecule has 1 fully saturated rings. The molecule has 4 nitrogen and oxygen atoms in total. The molecule has 4 heteroatoms. The molecule has 0 unspecified atom stereocenters. The van der Waals surface area contributed by atoms with Crippen LogP contribution in [0.3, 0.4) is 0 Å². The average Bonchev–Trinajstić information content (AvgIpc) is 2.94. The predicted octanol–water partition coefficient (Wildman–Crippen LogP) is 1.75. The maximum absolute atomic E-state index is 5.51. The molecule has 2 rings (SSSR count). The number of hydrogen-bond acceptors (Lipinski definition) is 3. The van der Waals surface area contributed by atoms with Crippen LogP contribution in [0.4, 0.5) is 0 Å². The van der Waals surface area contributed by atoms with Crippen LogP contribution in [0.2, 0.25) is 0 Å². The van der Waals surface area contributed by atoms with Gasteiger partial charge in [0, 0.05) is 13.0 Å². The summed E-state index contributed by atoms with van der Waals surface area (Å²) >= 11 is 0. The molecule has 0 spiro atoms. The minimum absolute atomic E-state index is 0.736. The topological polar surface area (TPSA) is 56.7 Å². The highest BCUT2D eigenvalue weighted by molar-refractivity contribution is 4.87. The molecule has 90 valence electrons. The fourth-order valence-electron chi connectivity index (χ4n) is 2.55. The Morgan fingerprint density at radius 1 is 1.38 bits per heavy atom. The number of hydrogen-bond donors (Lipinski definition) is 1. The van der Waals surface area contributed by atoms with E-state index in [2.05, 4.69) is 14.8 Å². The third-order valence-corrected chi connectivity index (χ3v) is 3.55. The number of aryl methyl sites for hydroxylation is 2. The van der Waals surface area contributed by atoms with Gasteiger partial charge in [0.2, 0.25) is 0 Å². The van der Waals surface area contributed by atoms with Crippen LogP contribution >= 0.6 is 0 Å². The first kappa shape index (κ1) is 11.6. The van der Waals surface area contributed by atoms with E-state index in [1.165, 1.54) is 32.1 Å². The monoisotopic (exact) mass is 222 g/mol. The molecule has 1 aliphatic carbocycles. The van der Waals surface area contributed by atoms with Gasteiger partial charge >= 0.3 is 0 Å². The first-order valence-corrected chi connectivity index (χ1v) is 6.47. The van der Waals surface area contributed by atoms with Gasteiger partial charge in [0.15, 0.2) is 0 Å². The Morgan fingerprint density at radius 2 is 2.19 bits per heavy atom. The maximum Gasteiger partial charge on any atom is 0.132 e. The quantitative estimate of drug-likeness (QED) is 0.797. The summed E-state index contributed by atoms with van der Waals surface area (Å²) in [6.45, 7) is 1.70. The number of rotatable bonds is 6. The van der Waals surface area contributed by atoms with Crippen molar-refractivity contribution in [3.05, 3.63) is 12.2 Å². The Labute approximate surface area is 97.2 Å². The van der Waals surface area contributed by atoms with Gasteiger partial charge in [-0.3, -0.25) is 0 Å². The Bertz CT molecular complexity index is 302. The summed E-state index contributed by atoms with van der Waals surface area (Å²) in [5.41, 5.74) is 5.51. The molecule has 1 aromatic rings. The third kappa shape index (κ3) is 3.04. The smallest absolute Gasteiger partial charge is 0.132 e. The summed E-state index contributed by atoms with van der Waals surface area (Å²) in [5.74, 6) is 2.07. The lowest BCUT2D eigenvalue weighted by atomic mass is 10.0. The van der Waals surface area contributed by atoms with Crippen molar-refractivity contribution in [3.8, 4) is 0 Å². The Morgan fingerprint density at radius 3 is 2.94 bits per heavy atom. The van der Waals surface area contributed by atoms with E-state index >= 15 is 0 Å². The third-order valence-electron chi connectivity index (χ3n) is 3.55. The van der Waals surface area contributed by atoms with Crippen LogP contribution in [0.15, 0.2) is 6.33 Å². The van der Waals surface area contributed by atoms with E-state index in [-0.39, 0.29) is 0 Å². The molecule has 0 bridgehead atoms. The Balaban J connectivity index is 1.80. The van der Waals surface area contributed by atoms with Crippen molar-refractivity contribution < 1.29 is 0 Å². The van der Waals surface area contributed by atoms with Gasteiger partial charge in [0.25, 0.3) is 0 Å². The van der Waals surface area contributed by atoms with Crippen LogP contribution in [0, 0.1) is 5.92 Å². The van der Waals surface area contributed by atoms with Crippen LogP contribution in [-0.2, 0) is 13.0 Å². The van der Waals surface area contributed by atoms with E-state index in [1.54, 1.807) is 0 Å². The number of aromatic nitrogens is 3. The second kappa shape index (κ2) is 5.99. The largest absolute Gasteiger partial charge is 0.330 e. The van der Waals surface area contributed by atoms with Gasteiger partial charge in [0.1, 0.15) is 12.2 Å². The summed E-state index contributed by atoms with van der Waals surface area (Å²) in [5, 5.41) is 8.19. The zero-order valence-corrected chi connectivity index (χ0v) is 9.94. The van der Waals surface area contributed by atoms with Crippen molar-refractivity contribution in [2.45, 2.75) is 51.5 Å². The van der Waals surface area contributed by atoms with Crippen molar-refractivity contribution in [3.63, 3.8) is 0 Å². The van der Waals surface area contributed by atoms with Gasteiger partial charge in [-0.15, -0.1) is 10.2 Å². The molecule has 1 aliphatic rings.